The van der Waals surface area contributed by atoms with Crippen LogP contribution < -0.4 is 9.79 Å². The summed E-state index contributed by atoms with van der Waals surface area (Å²) in [4.78, 5) is 19.1. The minimum Gasteiger partial charge on any atom is -0.809 e. The average molecular weight is 124 g/mol. The SMILES string of the molecule is CC(O)P(=O)([O-])[O-]. The van der Waals surface area contributed by atoms with E-state index in [1.54, 1.807) is 0 Å². The van der Waals surface area contributed by atoms with Gasteiger partial charge in [-0.15, -0.1) is 0 Å². The van der Waals surface area contributed by atoms with E-state index in [-0.39, 0.29) is 0 Å². The van der Waals surface area contributed by atoms with E-state index in [1.807, 2.05) is 0 Å². The van der Waals surface area contributed by atoms with Crippen LogP contribution >= 0.6 is 7.60 Å². The van der Waals surface area contributed by atoms with Crippen molar-refractivity contribution in [3.63, 3.8) is 0 Å². The molecule has 0 radical (unpaired) electrons. The van der Waals surface area contributed by atoms with Gasteiger partial charge in [0.2, 0.25) is 0 Å². The average Bonchev–Trinajstić information content (AvgIpc) is 1.31. The van der Waals surface area contributed by atoms with Gasteiger partial charge in [-0.1, -0.05) is 0 Å². The molecule has 0 saturated carbocycles. The first-order valence-electron chi connectivity index (χ1n) is 1.64. The molecule has 44 valence electrons. The highest BCUT2D eigenvalue weighted by Gasteiger charge is 1.96. The predicted molar refractivity (Wildman–Crippen MR) is 19.3 cm³/mol. The molecule has 0 amide bonds. The van der Waals surface area contributed by atoms with Crippen molar-refractivity contribution in [2.75, 3.05) is 0 Å². The molecule has 0 fully saturated rings. The molecule has 1 unspecified atom stereocenters. The molecule has 0 heterocycles. The maximum atomic E-state index is 9.55. The minimum absolute atomic E-state index is 0.917. The summed E-state index contributed by atoms with van der Waals surface area (Å²) in [5.41, 5.74) is 0. The normalized spacial score (nSPS) is 16.6. The standard InChI is InChI=1S/C2H7O4P/c1-2(3)7(4,5)6/h2-3H,1H3,(H2,4,5,6)/p-2. The zero-order valence-electron chi connectivity index (χ0n) is 3.70. The Hall–Kier alpha value is 0.110. The van der Waals surface area contributed by atoms with Crippen LogP contribution in [0.1, 0.15) is 6.92 Å². The summed E-state index contributed by atoms with van der Waals surface area (Å²) in [5, 5.41) is 8.00. The first-order valence-corrected chi connectivity index (χ1v) is 3.25. The van der Waals surface area contributed by atoms with E-state index in [2.05, 4.69) is 0 Å². The van der Waals surface area contributed by atoms with E-state index in [4.69, 9.17) is 5.11 Å². The third kappa shape index (κ3) is 2.76. The molecule has 4 nitrogen and oxygen atoms in total. The molecular formula is C2H5O4P-2. The predicted octanol–water partition coefficient (Wildman–Crippen LogP) is -1.76. The summed E-state index contributed by atoms with van der Waals surface area (Å²) in [6, 6.07) is 0. The van der Waals surface area contributed by atoms with Crippen LogP contribution in [0.4, 0.5) is 0 Å². The molecule has 0 aromatic heterocycles. The fourth-order valence-electron chi connectivity index (χ4n) is 0. The van der Waals surface area contributed by atoms with Gasteiger partial charge in [0.25, 0.3) is 0 Å². The van der Waals surface area contributed by atoms with Gasteiger partial charge in [0, 0.05) is 0 Å². The summed E-state index contributed by atoms with van der Waals surface area (Å²) >= 11 is 0. The molecule has 0 aliphatic rings. The van der Waals surface area contributed by atoms with Gasteiger partial charge in [-0.2, -0.15) is 0 Å². The Balaban J connectivity index is 3.80. The topological polar surface area (TPSA) is 83.4 Å². The fourth-order valence-corrected chi connectivity index (χ4v) is 0. The molecule has 0 rings (SSSR count). The van der Waals surface area contributed by atoms with Gasteiger partial charge in [-0.25, -0.2) is 0 Å². The molecule has 0 aromatic rings. The van der Waals surface area contributed by atoms with Gasteiger partial charge >= 0.3 is 0 Å². The van der Waals surface area contributed by atoms with E-state index in [0.29, 0.717) is 0 Å². The Kier molecular flexibility index (Phi) is 1.95. The van der Waals surface area contributed by atoms with Gasteiger partial charge in [-0.3, -0.25) is 0 Å². The molecule has 7 heavy (non-hydrogen) atoms. The zero-order chi connectivity index (χ0) is 6.08. The van der Waals surface area contributed by atoms with Crippen LogP contribution in [0.25, 0.3) is 0 Å². The number of aliphatic hydroxyl groups is 1. The lowest BCUT2D eigenvalue weighted by atomic mass is 10.9. The maximum Gasteiger partial charge on any atom is 0.0779 e. The molecule has 0 aliphatic carbocycles. The Morgan fingerprint density at radius 3 is 1.86 bits per heavy atom. The maximum absolute atomic E-state index is 9.55. The summed E-state index contributed by atoms with van der Waals surface area (Å²) in [7, 11) is -4.68. The Labute approximate surface area is 40.9 Å². The second kappa shape index (κ2) is 1.92. The van der Waals surface area contributed by atoms with Gasteiger partial charge in [0.05, 0.1) is 5.85 Å². The van der Waals surface area contributed by atoms with Gasteiger partial charge in [-0.05, 0) is 14.5 Å². The number of hydrogen-bond acceptors (Lipinski definition) is 4. The first kappa shape index (κ1) is 7.11. The summed E-state index contributed by atoms with van der Waals surface area (Å²) in [5.74, 6) is -1.76. The van der Waals surface area contributed by atoms with Crippen molar-refractivity contribution in [3.05, 3.63) is 0 Å². The van der Waals surface area contributed by atoms with Crippen molar-refractivity contribution in [1.29, 1.82) is 0 Å². The van der Waals surface area contributed by atoms with Crippen molar-refractivity contribution in [2.45, 2.75) is 12.8 Å². The van der Waals surface area contributed by atoms with Crippen LogP contribution in [0, 0.1) is 0 Å². The zero-order valence-corrected chi connectivity index (χ0v) is 4.59. The monoisotopic (exact) mass is 124 g/mol. The fraction of sp³-hybridized carbons (Fsp3) is 1.00. The molecule has 0 spiro atoms. The Morgan fingerprint density at radius 1 is 1.71 bits per heavy atom. The van der Waals surface area contributed by atoms with Gasteiger partial charge in [0.15, 0.2) is 0 Å². The Morgan fingerprint density at radius 2 is 1.86 bits per heavy atom. The van der Waals surface area contributed by atoms with Gasteiger partial charge in [0.1, 0.15) is 0 Å². The minimum atomic E-state index is -4.68. The van der Waals surface area contributed by atoms with E-state index >= 15 is 0 Å². The van der Waals surface area contributed by atoms with Crippen LogP contribution in [0.15, 0.2) is 0 Å². The largest absolute Gasteiger partial charge is 0.809 e. The van der Waals surface area contributed by atoms with Crippen LogP contribution in [0.2, 0.25) is 0 Å². The van der Waals surface area contributed by atoms with E-state index < -0.39 is 13.4 Å². The lowest BCUT2D eigenvalue weighted by Crippen LogP contribution is -2.23. The van der Waals surface area contributed by atoms with E-state index in [0.717, 1.165) is 6.92 Å². The smallest absolute Gasteiger partial charge is 0.0779 e. The van der Waals surface area contributed by atoms with Crippen molar-refractivity contribution in [3.8, 4) is 0 Å². The van der Waals surface area contributed by atoms with Crippen molar-refractivity contribution < 1.29 is 19.5 Å². The van der Waals surface area contributed by atoms with E-state index in [1.165, 1.54) is 0 Å². The summed E-state index contributed by atoms with van der Waals surface area (Å²) < 4.78 is 9.55. The van der Waals surface area contributed by atoms with Crippen LogP contribution in [0.5, 0.6) is 0 Å². The summed E-state index contributed by atoms with van der Waals surface area (Å²) in [6.45, 7) is 0.917. The molecular weight excluding hydrogens is 119 g/mol. The number of rotatable bonds is 1. The van der Waals surface area contributed by atoms with Gasteiger partial charge < -0.3 is 19.5 Å². The third-order valence-corrected chi connectivity index (χ3v) is 1.37. The number of aliphatic hydroxyl groups excluding tert-OH is 1. The second-order valence-corrected chi connectivity index (χ2v) is 3.00. The molecule has 1 N–H and O–H groups in total. The molecule has 1 atom stereocenters. The quantitative estimate of drug-likeness (QED) is 0.419. The van der Waals surface area contributed by atoms with Crippen LogP contribution in [0.3, 0.4) is 0 Å². The molecule has 0 aromatic carbocycles. The Bertz CT molecular complexity index is 91.9. The van der Waals surface area contributed by atoms with Crippen LogP contribution in [-0.2, 0) is 4.57 Å². The van der Waals surface area contributed by atoms with Crippen LogP contribution in [-0.4, -0.2) is 11.0 Å². The lowest BCUT2D eigenvalue weighted by molar-refractivity contribution is -0.321. The summed E-state index contributed by atoms with van der Waals surface area (Å²) in [6.07, 6.45) is 0. The highest BCUT2D eigenvalue weighted by molar-refractivity contribution is 7.49. The van der Waals surface area contributed by atoms with Crippen molar-refractivity contribution in [2.24, 2.45) is 0 Å². The highest BCUT2D eigenvalue weighted by Crippen LogP contribution is 2.27. The lowest BCUT2D eigenvalue weighted by Gasteiger charge is -2.31. The van der Waals surface area contributed by atoms with E-state index in [9.17, 15) is 14.4 Å². The molecule has 0 saturated heterocycles. The second-order valence-electron chi connectivity index (χ2n) is 1.17. The van der Waals surface area contributed by atoms with Crippen molar-refractivity contribution in [1.82, 2.24) is 0 Å². The molecule has 0 aliphatic heterocycles. The third-order valence-electron chi connectivity index (χ3n) is 0.458. The molecule has 5 heteroatoms. The van der Waals surface area contributed by atoms with Crippen molar-refractivity contribution >= 4 is 7.60 Å². The molecule has 0 bridgehead atoms. The number of hydrogen-bond donors (Lipinski definition) is 1. The highest BCUT2D eigenvalue weighted by atomic mass is 31.2. The first-order chi connectivity index (χ1) is 2.94.